The van der Waals surface area contributed by atoms with Crippen LogP contribution in [0.25, 0.3) is 11.3 Å². The Kier molecular flexibility index (Phi) is 4.50. The fraction of sp³-hybridized carbons (Fsp3) is 0.412. The Morgan fingerprint density at radius 3 is 2.78 bits per heavy atom. The Bertz CT molecular complexity index is 698. The standard InChI is InChI=1S/C17H19ClFN3O/c1-17(23)6-4-11(5-7-17)22-14-9-15(18)21-10-12(14)16-13(19)3-2-8-20-16/h2-3,8-11,23H,4-7H2,1H3,(H,21,22). The van der Waals surface area contributed by atoms with Crippen molar-refractivity contribution in [1.29, 1.82) is 0 Å². The van der Waals surface area contributed by atoms with Crippen molar-refractivity contribution in [3.63, 3.8) is 0 Å². The number of aliphatic hydroxyl groups is 1. The van der Waals surface area contributed by atoms with E-state index in [-0.39, 0.29) is 11.7 Å². The van der Waals surface area contributed by atoms with Crippen molar-refractivity contribution in [2.45, 2.75) is 44.2 Å². The Hall–Kier alpha value is -1.72. The van der Waals surface area contributed by atoms with Crippen LogP contribution in [0, 0.1) is 5.82 Å². The molecule has 1 aliphatic carbocycles. The molecule has 23 heavy (non-hydrogen) atoms. The van der Waals surface area contributed by atoms with Crippen LogP contribution in [0.3, 0.4) is 0 Å². The van der Waals surface area contributed by atoms with Crippen LogP contribution in [0.15, 0.2) is 30.6 Å². The summed E-state index contributed by atoms with van der Waals surface area (Å²) in [4.78, 5) is 8.17. The van der Waals surface area contributed by atoms with Gasteiger partial charge in [-0.1, -0.05) is 11.6 Å². The summed E-state index contributed by atoms with van der Waals surface area (Å²) in [6.45, 7) is 1.86. The van der Waals surface area contributed by atoms with Crippen molar-refractivity contribution in [2.75, 3.05) is 5.32 Å². The molecule has 1 saturated carbocycles. The molecule has 0 bridgehead atoms. The van der Waals surface area contributed by atoms with Gasteiger partial charge in [0, 0.05) is 29.7 Å². The van der Waals surface area contributed by atoms with E-state index in [0.29, 0.717) is 16.4 Å². The summed E-state index contributed by atoms with van der Waals surface area (Å²) in [7, 11) is 0. The van der Waals surface area contributed by atoms with Gasteiger partial charge in [0.2, 0.25) is 0 Å². The maximum absolute atomic E-state index is 14.1. The summed E-state index contributed by atoms with van der Waals surface area (Å²) in [5, 5.41) is 13.8. The van der Waals surface area contributed by atoms with E-state index < -0.39 is 11.4 Å². The number of rotatable bonds is 3. The molecule has 0 unspecified atom stereocenters. The van der Waals surface area contributed by atoms with Gasteiger partial charge in [-0.3, -0.25) is 4.98 Å². The van der Waals surface area contributed by atoms with E-state index in [9.17, 15) is 9.50 Å². The molecule has 0 amide bonds. The molecule has 2 aromatic heterocycles. The number of halogens is 2. The van der Waals surface area contributed by atoms with Crippen LogP contribution in [0.1, 0.15) is 32.6 Å². The summed E-state index contributed by atoms with van der Waals surface area (Å²) in [5.74, 6) is -0.397. The molecular formula is C17H19ClFN3O. The van der Waals surface area contributed by atoms with Crippen LogP contribution in [0.2, 0.25) is 5.15 Å². The largest absolute Gasteiger partial charge is 0.390 e. The van der Waals surface area contributed by atoms with E-state index >= 15 is 0 Å². The average molecular weight is 336 g/mol. The average Bonchev–Trinajstić information content (AvgIpc) is 2.51. The molecule has 0 aromatic carbocycles. The van der Waals surface area contributed by atoms with Gasteiger partial charge in [-0.05, 0) is 50.8 Å². The molecule has 4 nitrogen and oxygen atoms in total. The molecular weight excluding hydrogens is 317 g/mol. The van der Waals surface area contributed by atoms with Gasteiger partial charge in [-0.2, -0.15) is 0 Å². The van der Waals surface area contributed by atoms with Gasteiger partial charge in [0.05, 0.1) is 5.60 Å². The lowest BCUT2D eigenvalue weighted by atomic mass is 9.83. The summed E-state index contributed by atoms with van der Waals surface area (Å²) in [5.41, 5.74) is 0.963. The first-order chi connectivity index (χ1) is 10.9. The lowest BCUT2D eigenvalue weighted by Crippen LogP contribution is -2.35. The highest BCUT2D eigenvalue weighted by Gasteiger charge is 2.29. The number of aromatic nitrogens is 2. The van der Waals surface area contributed by atoms with Crippen LogP contribution < -0.4 is 5.32 Å². The van der Waals surface area contributed by atoms with Crippen molar-refractivity contribution in [2.24, 2.45) is 0 Å². The maximum Gasteiger partial charge on any atom is 0.149 e. The van der Waals surface area contributed by atoms with E-state index in [1.807, 2.05) is 6.92 Å². The minimum absolute atomic E-state index is 0.208. The van der Waals surface area contributed by atoms with Gasteiger partial charge in [-0.25, -0.2) is 9.37 Å². The molecule has 0 saturated heterocycles. The fourth-order valence-corrected chi connectivity index (χ4v) is 3.08. The number of hydrogen-bond acceptors (Lipinski definition) is 4. The first-order valence-electron chi connectivity index (χ1n) is 7.70. The van der Waals surface area contributed by atoms with E-state index in [4.69, 9.17) is 11.6 Å². The molecule has 2 aromatic rings. The van der Waals surface area contributed by atoms with Crippen LogP contribution in [-0.2, 0) is 0 Å². The summed E-state index contributed by atoms with van der Waals surface area (Å²) >= 11 is 6.00. The zero-order valence-electron chi connectivity index (χ0n) is 12.9. The second kappa shape index (κ2) is 6.42. The molecule has 2 heterocycles. The fourth-order valence-electron chi connectivity index (χ4n) is 2.93. The molecule has 0 atom stereocenters. The molecule has 0 aliphatic heterocycles. The monoisotopic (exact) mass is 335 g/mol. The molecule has 2 N–H and O–H groups in total. The maximum atomic E-state index is 14.1. The predicted molar refractivity (Wildman–Crippen MR) is 88.9 cm³/mol. The van der Waals surface area contributed by atoms with Gasteiger partial charge in [0.1, 0.15) is 16.7 Å². The summed E-state index contributed by atoms with van der Waals surface area (Å²) in [6, 6.07) is 4.83. The molecule has 0 radical (unpaired) electrons. The molecule has 122 valence electrons. The number of hydrogen-bond donors (Lipinski definition) is 2. The summed E-state index contributed by atoms with van der Waals surface area (Å²) < 4.78 is 14.1. The van der Waals surface area contributed by atoms with Crippen molar-refractivity contribution < 1.29 is 9.50 Å². The lowest BCUT2D eigenvalue weighted by Gasteiger charge is -2.34. The number of nitrogens with zero attached hydrogens (tertiary/aromatic N) is 2. The molecule has 1 aliphatic rings. The Morgan fingerprint density at radius 2 is 2.09 bits per heavy atom. The normalized spacial score (nSPS) is 24.4. The second-order valence-corrected chi connectivity index (χ2v) is 6.69. The van der Waals surface area contributed by atoms with Crippen molar-refractivity contribution in [1.82, 2.24) is 9.97 Å². The van der Waals surface area contributed by atoms with Crippen molar-refractivity contribution in [3.05, 3.63) is 41.6 Å². The number of pyridine rings is 2. The first kappa shape index (κ1) is 16.1. The van der Waals surface area contributed by atoms with E-state index in [1.54, 1.807) is 18.3 Å². The third-order valence-electron chi connectivity index (χ3n) is 4.31. The molecule has 0 spiro atoms. The van der Waals surface area contributed by atoms with Gasteiger partial charge < -0.3 is 10.4 Å². The minimum atomic E-state index is -0.593. The summed E-state index contributed by atoms with van der Waals surface area (Å²) in [6.07, 6.45) is 6.24. The SMILES string of the molecule is CC1(O)CCC(Nc2cc(Cl)ncc2-c2ncccc2F)CC1. The van der Waals surface area contributed by atoms with Crippen LogP contribution in [-0.4, -0.2) is 26.7 Å². The van der Waals surface area contributed by atoms with E-state index in [1.165, 1.54) is 12.3 Å². The Balaban J connectivity index is 1.87. The zero-order chi connectivity index (χ0) is 16.4. The predicted octanol–water partition coefficient (Wildman–Crippen LogP) is 4.04. The van der Waals surface area contributed by atoms with Crippen LogP contribution in [0.5, 0.6) is 0 Å². The molecule has 6 heteroatoms. The van der Waals surface area contributed by atoms with Crippen LogP contribution in [0.4, 0.5) is 10.1 Å². The lowest BCUT2D eigenvalue weighted by molar-refractivity contribution is 0.0196. The minimum Gasteiger partial charge on any atom is -0.390 e. The van der Waals surface area contributed by atoms with Gasteiger partial charge in [-0.15, -0.1) is 0 Å². The quantitative estimate of drug-likeness (QED) is 0.831. The molecule has 3 rings (SSSR count). The zero-order valence-corrected chi connectivity index (χ0v) is 13.6. The Labute approximate surface area is 139 Å². The van der Waals surface area contributed by atoms with E-state index in [0.717, 1.165) is 25.7 Å². The van der Waals surface area contributed by atoms with Gasteiger partial charge in [0.25, 0.3) is 0 Å². The second-order valence-electron chi connectivity index (χ2n) is 6.30. The Morgan fingerprint density at radius 1 is 1.35 bits per heavy atom. The van der Waals surface area contributed by atoms with Crippen molar-refractivity contribution in [3.8, 4) is 11.3 Å². The highest BCUT2D eigenvalue weighted by Crippen LogP contribution is 2.34. The first-order valence-corrected chi connectivity index (χ1v) is 8.08. The number of anilines is 1. The van der Waals surface area contributed by atoms with Crippen LogP contribution >= 0.6 is 11.6 Å². The third kappa shape index (κ3) is 3.79. The van der Waals surface area contributed by atoms with Crippen molar-refractivity contribution >= 4 is 17.3 Å². The third-order valence-corrected chi connectivity index (χ3v) is 4.51. The molecule has 1 fully saturated rings. The topological polar surface area (TPSA) is 58.0 Å². The highest BCUT2D eigenvalue weighted by atomic mass is 35.5. The van der Waals surface area contributed by atoms with Gasteiger partial charge >= 0.3 is 0 Å². The smallest absolute Gasteiger partial charge is 0.149 e. The highest BCUT2D eigenvalue weighted by molar-refractivity contribution is 6.29. The number of nitrogens with one attached hydrogen (secondary N) is 1. The van der Waals surface area contributed by atoms with E-state index in [2.05, 4.69) is 15.3 Å². The van der Waals surface area contributed by atoms with Gasteiger partial charge in [0.15, 0.2) is 0 Å².